The molecule has 0 saturated carbocycles. The zero-order valence-corrected chi connectivity index (χ0v) is 12.1. The first-order valence-electron chi connectivity index (χ1n) is 5.84. The Balaban J connectivity index is 2.75. The summed E-state index contributed by atoms with van der Waals surface area (Å²) in [6.45, 7) is 8.42. The van der Waals surface area contributed by atoms with Crippen LogP contribution in [-0.4, -0.2) is 12.6 Å². The molecule has 0 amide bonds. The molecule has 1 rings (SSSR count). The second-order valence-corrected chi connectivity index (χ2v) is 5.23. The van der Waals surface area contributed by atoms with Gasteiger partial charge in [0, 0.05) is 10.5 Å². The largest absolute Gasteiger partial charge is 0.489 e. The minimum Gasteiger partial charge on any atom is -0.489 e. The molecule has 2 nitrogen and oxygen atoms in total. The van der Waals surface area contributed by atoms with Gasteiger partial charge in [-0.1, -0.05) is 29.4 Å². The lowest BCUT2D eigenvalue weighted by Gasteiger charge is -2.13. The summed E-state index contributed by atoms with van der Waals surface area (Å²) in [4.78, 5) is 0. The van der Waals surface area contributed by atoms with Gasteiger partial charge in [-0.05, 0) is 49.1 Å². The van der Waals surface area contributed by atoms with E-state index in [1.807, 2.05) is 25.1 Å². The summed E-state index contributed by atoms with van der Waals surface area (Å²) in [6, 6.07) is 6.20. The quantitative estimate of drug-likeness (QED) is 0.813. The monoisotopic (exact) mass is 297 g/mol. The number of hydrogen-bond acceptors (Lipinski definition) is 2. The average molecular weight is 298 g/mol. The Hall–Kier alpha value is -0.800. The molecular weight excluding hydrogens is 278 g/mol. The maximum atomic E-state index is 5.97. The fraction of sp³-hybridized carbons (Fsp3) is 0.429. The molecule has 0 spiro atoms. The Kier molecular flexibility index (Phi) is 5.72. The molecule has 0 bridgehead atoms. The van der Waals surface area contributed by atoms with Crippen molar-refractivity contribution < 1.29 is 4.74 Å². The molecule has 1 unspecified atom stereocenters. The van der Waals surface area contributed by atoms with Crippen LogP contribution in [0.5, 0.6) is 5.75 Å². The van der Waals surface area contributed by atoms with E-state index in [1.165, 1.54) is 5.56 Å². The summed E-state index contributed by atoms with van der Waals surface area (Å²) < 4.78 is 6.70. The normalized spacial score (nSPS) is 12.2. The van der Waals surface area contributed by atoms with Gasteiger partial charge in [0.1, 0.15) is 12.4 Å². The van der Waals surface area contributed by atoms with Crippen molar-refractivity contribution in [2.75, 3.05) is 6.61 Å². The van der Waals surface area contributed by atoms with Crippen LogP contribution in [-0.2, 0) is 6.42 Å². The van der Waals surface area contributed by atoms with E-state index in [1.54, 1.807) is 0 Å². The predicted octanol–water partition coefficient (Wildman–Crippen LogP) is 3.68. The molecule has 0 fully saturated rings. The number of nitrogens with two attached hydrogens (primary N) is 1. The van der Waals surface area contributed by atoms with E-state index in [9.17, 15) is 0 Å². The van der Waals surface area contributed by atoms with Crippen LogP contribution in [0, 0.1) is 0 Å². The van der Waals surface area contributed by atoms with Crippen molar-refractivity contribution in [2.45, 2.75) is 32.7 Å². The molecule has 0 aliphatic carbocycles. The number of ether oxygens (including phenoxy) is 1. The highest BCUT2D eigenvalue weighted by Gasteiger charge is 2.07. The Bertz CT molecular complexity index is 390. The molecular formula is C14H20BrNO. The van der Waals surface area contributed by atoms with Crippen molar-refractivity contribution in [3.8, 4) is 5.75 Å². The summed E-state index contributed by atoms with van der Waals surface area (Å²) in [7, 11) is 0. The molecule has 0 aliphatic rings. The van der Waals surface area contributed by atoms with Crippen LogP contribution in [0.1, 0.15) is 25.8 Å². The van der Waals surface area contributed by atoms with Gasteiger partial charge >= 0.3 is 0 Å². The first-order chi connectivity index (χ1) is 8.02. The van der Waals surface area contributed by atoms with Crippen molar-refractivity contribution in [1.82, 2.24) is 0 Å². The lowest BCUT2D eigenvalue weighted by atomic mass is 10.0. The van der Waals surface area contributed by atoms with Crippen LogP contribution in [0.25, 0.3) is 0 Å². The van der Waals surface area contributed by atoms with Gasteiger partial charge in [-0.15, -0.1) is 0 Å². The molecule has 17 heavy (non-hydrogen) atoms. The molecule has 1 atom stereocenters. The standard InChI is InChI=1S/C14H20BrNO/c1-4-12(16)7-11-8-13(5-6-14(11)15)17-9-10(2)3/h5-6,8,12H,2,4,7,9,16H2,1,3H3. The smallest absolute Gasteiger partial charge is 0.120 e. The van der Waals surface area contributed by atoms with E-state index in [4.69, 9.17) is 10.5 Å². The second kappa shape index (κ2) is 6.82. The van der Waals surface area contributed by atoms with E-state index in [0.717, 1.165) is 28.6 Å². The molecule has 94 valence electrons. The molecule has 0 heterocycles. The SMILES string of the molecule is C=C(C)COc1ccc(Br)c(CC(N)CC)c1. The summed E-state index contributed by atoms with van der Waals surface area (Å²) in [5, 5.41) is 0. The second-order valence-electron chi connectivity index (χ2n) is 4.37. The summed E-state index contributed by atoms with van der Waals surface area (Å²) >= 11 is 3.54. The molecule has 3 heteroatoms. The van der Waals surface area contributed by atoms with Crippen molar-refractivity contribution in [3.05, 3.63) is 40.4 Å². The highest BCUT2D eigenvalue weighted by Crippen LogP contribution is 2.24. The first-order valence-corrected chi connectivity index (χ1v) is 6.63. The van der Waals surface area contributed by atoms with Crippen LogP contribution in [0.4, 0.5) is 0 Å². The number of halogens is 1. The highest BCUT2D eigenvalue weighted by atomic mass is 79.9. The molecule has 1 aromatic rings. The van der Waals surface area contributed by atoms with Gasteiger partial charge in [-0.2, -0.15) is 0 Å². The van der Waals surface area contributed by atoms with Crippen molar-refractivity contribution in [2.24, 2.45) is 5.73 Å². The topological polar surface area (TPSA) is 35.2 Å². The summed E-state index contributed by atoms with van der Waals surface area (Å²) in [5.41, 5.74) is 8.18. The van der Waals surface area contributed by atoms with Gasteiger partial charge in [0.15, 0.2) is 0 Å². The molecule has 0 saturated heterocycles. The van der Waals surface area contributed by atoms with Gasteiger partial charge in [-0.25, -0.2) is 0 Å². The zero-order valence-electron chi connectivity index (χ0n) is 10.5. The van der Waals surface area contributed by atoms with E-state index >= 15 is 0 Å². The van der Waals surface area contributed by atoms with Crippen molar-refractivity contribution in [1.29, 1.82) is 0 Å². The first kappa shape index (κ1) is 14.3. The Morgan fingerprint density at radius 3 is 2.82 bits per heavy atom. The van der Waals surface area contributed by atoms with E-state index in [-0.39, 0.29) is 6.04 Å². The Labute approximate surface area is 112 Å². The van der Waals surface area contributed by atoms with E-state index in [0.29, 0.717) is 6.61 Å². The van der Waals surface area contributed by atoms with Crippen LogP contribution < -0.4 is 10.5 Å². The number of benzene rings is 1. The number of rotatable bonds is 6. The van der Waals surface area contributed by atoms with Crippen molar-refractivity contribution >= 4 is 15.9 Å². The summed E-state index contributed by atoms with van der Waals surface area (Å²) in [6.07, 6.45) is 1.84. The van der Waals surface area contributed by atoms with Gasteiger partial charge in [-0.3, -0.25) is 0 Å². The van der Waals surface area contributed by atoms with Gasteiger partial charge < -0.3 is 10.5 Å². The summed E-state index contributed by atoms with van der Waals surface area (Å²) in [5.74, 6) is 0.870. The zero-order chi connectivity index (χ0) is 12.8. The van der Waals surface area contributed by atoms with Gasteiger partial charge in [0.05, 0.1) is 0 Å². The van der Waals surface area contributed by atoms with E-state index in [2.05, 4.69) is 29.4 Å². The maximum Gasteiger partial charge on any atom is 0.120 e. The molecule has 0 radical (unpaired) electrons. The third kappa shape index (κ3) is 4.92. The minimum absolute atomic E-state index is 0.197. The highest BCUT2D eigenvalue weighted by molar-refractivity contribution is 9.10. The van der Waals surface area contributed by atoms with E-state index < -0.39 is 0 Å². The van der Waals surface area contributed by atoms with Crippen LogP contribution in [0.2, 0.25) is 0 Å². The molecule has 1 aromatic carbocycles. The Morgan fingerprint density at radius 2 is 2.24 bits per heavy atom. The lowest BCUT2D eigenvalue weighted by Crippen LogP contribution is -2.21. The fourth-order valence-corrected chi connectivity index (χ4v) is 1.84. The predicted molar refractivity (Wildman–Crippen MR) is 76.4 cm³/mol. The molecule has 2 N–H and O–H groups in total. The van der Waals surface area contributed by atoms with Crippen LogP contribution >= 0.6 is 15.9 Å². The Morgan fingerprint density at radius 1 is 1.53 bits per heavy atom. The third-order valence-corrected chi connectivity index (χ3v) is 3.28. The average Bonchev–Trinajstić information content (AvgIpc) is 2.29. The molecule has 0 aromatic heterocycles. The van der Waals surface area contributed by atoms with Gasteiger partial charge in [0.2, 0.25) is 0 Å². The minimum atomic E-state index is 0.197. The number of hydrogen-bond donors (Lipinski definition) is 1. The van der Waals surface area contributed by atoms with Gasteiger partial charge in [0.25, 0.3) is 0 Å². The maximum absolute atomic E-state index is 5.97. The third-order valence-electron chi connectivity index (χ3n) is 2.51. The van der Waals surface area contributed by atoms with Crippen molar-refractivity contribution in [3.63, 3.8) is 0 Å². The molecule has 0 aliphatic heterocycles. The fourth-order valence-electron chi connectivity index (χ4n) is 1.43. The van der Waals surface area contributed by atoms with Crippen LogP contribution in [0.3, 0.4) is 0 Å². The lowest BCUT2D eigenvalue weighted by molar-refractivity contribution is 0.352. The van der Waals surface area contributed by atoms with Crippen LogP contribution in [0.15, 0.2) is 34.8 Å².